The molecule has 0 atom stereocenters. The Balaban J connectivity index is 1.31. The van der Waals surface area contributed by atoms with Gasteiger partial charge in [-0.05, 0) is 96.0 Å². The van der Waals surface area contributed by atoms with E-state index in [0.717, 1.165) is 53.6 Å². The molecule has 2 aromatic carbocycles. The van der Waals surface area contributed by atoms with Crippen LogP contribution in [0.3, 0.4) is 0 Å². The summed E-state index contributed by atoms with van der Waals surface area (Å²) in [4.78, 5) is 4.34. The lowest BCUT2D eigenvalue weighted by molar-refractivity contribution is 0.301. The fourth-order valence-electron chi connectivity index (χ4n) is 4.22. The van der Waals surface area contributed by atoms with Gasteiger partial charge in [-0.1, -0.05) is 32.0 Å². The number of nitrogens with one attached hydrogen (secondary N) is 1. The number of nitrogens with zero attached hydrogens (tertiary/aromatic N) is 5. The fourth-order valence-corrected chi connectivity index (χ4v) is 4.22. The second kappa shape index (κ2) is 10.7. The van der Waals surface area contributed by atoms with E-state index in [1.807, 2.05) is 35.0 Å². The van der Waals surface area contributed by atoms with Crippen LogP contribution in [-0.4, -0.2) is 25.2 Å². The van der Waals surface area contributed by atoms with Crippen molar-refractivity contribution in [2.75, 3.05) is 5.32 Å². The van der Waals surface area contributed by atoms with Gasteiger partial charge in [0.25, 0.3) is 0 Å². The molecule has 1 aliphatic rings. The largest absolute Gasteiger partial charge is 0.487 e. The van der Waals surface area contributed by atoms with Gasteiger partial charge in [-0.3, -0.25) is 4.98 Å². The molecule has 0 bridgehead atoms. The third kappa shape index (κ3) is 6.04. The van der Waals surface area contributed by atoms with Crippen LogP contribution < -0.4 is 10.1 Å². The molecule has 0 radical (unpaired) electrons. The lowest BCUT2D eigenvalue weighted by atomic mass is 10.1. The van der Waals surface area contributed by atoms with E-state index < -0.39 is 0 Å². The van der Waals surface area contributed by atoms with E-state index in [2.05, 4.69) is 70.0 Å². The van der Waals surface area contributed by atoms with Crippen LogP contribution in [-0.2, 0) is 13.2 Å². The maximum atomic E-state index is 6.03. The monoisotopic (exact) mass is 468 g/mol. The van der Waals surface area contributed by atoms with Crippen molar-refractivity contribution in [1.82, 2.24) is 25.2 Å². The van der Waals surface area contributed by atoms with Crippen molar-refractivity contribution in [3.63, 3.8) is 0 Å². The van der Waals surface area contributed by atoms with Crippen molar-refractivity contribution in [2.45, 2.75) is 58.6 Å². The Morgan fingerprint density at radius 3 is 2.77 bits per heavy atom. The zero-order chi connectivity index (χ0) is 24.0. The Morgan fingerprint density at radius 1 is 1.06 bits per heavy atom. The predicted octanol–water partition coefficient (Wildman–Crippen LogP) is 6.37. The van der Waals surface area contributed by atoms with Gasteiger partial charge in [0.1, 0.15) is 12.4 Å². The molecule has 2 heterocycles. The summed E-state index contributed by atoms with van der Waals surface area (Å²) in [5, 5.41) is 16.1. The van der Waals surface area contributed by atoms with Gasteiger partial charge in [-0.2, -0.15) is 0 Å². The number of rotatable bonds is 11. The van der Waals surface area contributed by atoms with Crippen molar-refractivity contribution < 1.29 is 4.74 Å². The van der Waals surface area contributed by atoms with E-state index >= 15 is 0 Å². The van der Waals surface area contributed by atoms with E-state index in [0.29, 0.717) is 18.4 Å². The van der Waals surface area contributed by atoms with E-state index in [1.165, 1.54) is 18.4 Å². The summed E-state index contributed by atoms with van der Waals surface area (Å²) in [6.07, 6.45) is 6.44. The predicted molar refractivity (Wildman–Crippen MR) is 138 cm³/mol. The SMILES string of the molecule is CC(C)CCCn1nnnc1-c1cccc(Nc2ccc(OCc3ccccn3)cc2C2CC2)c1. The van der Waals surface area contributed by atoms with Crippen LogP contribution in [0.2, 0.25) is 0 Å². The molecule has 0 saturated heterocycles. The van der Waals surface area contributed by atoms with E-state index in [9.17, 15) is 0 Å². The number of hydrogen-bond donors (Lipinski definition) is 1. The van der Waals surface area contributed by atoms with Gasteiger partial charge in [0, 0.05) is 29.7 Å². The number of hydrogen-bond acceptors (Lipinski definition) is 6. The standard InChI is InChI=1S/C28H32N6O/c1-20(2)7-6-16-34-28(31-32-33-34)22-8-5-10-23(17-22)30-27-14-13-25(18-26(27)21-11-12-21)35-19-24-9-3-4-15-29-24/h3-5,8-10,13-15,17-18,20-21,30H,6-7,11-12,16,19H2,1-2H3. The van der Waals surface area contributed by atoms with Crippen LogP contribution in [0.5, 0.6) is 5.75 Å². The maximum absolute atomic E-state index is 6.03. The molecule has 0 unspecified atom stereocenters. The van der Waals surface area contributed by atoms with Gasteiger partial charge >= 0.3 is 0 Å². The summed E-state index contributed by atoms with van der Waals surface area (Å²) >= 11 is 0. The Morgan fingerprint density at radius 2 is 1.97 bits per heavy atom. The summed E-state index contributed by atoms with van der Waals surface area (Å²) in [6.45, 7) is 5.77. The molecule has 7 heteroatoms. The van der Waals surface area contributed by atoms with E-state index in [1.54, 1.807) is 6.20 Å². The number of ether oxygens (including phenoxy) is 1. The average Bonchev–Trinajstić information content (AvgIpc) is 3.62. The van der Waals surface area contributed by atoms with Crippen molar-refractivity contribution in [2.24, 2.45) is 5.92 Å². The average molecular weight is 469 g/mol. The van der Waals surface area contributed by atoms with E-state index in [-0.39, 0.29) is 0 Å². The van der Waals surface area contributed by atoms with Crippen LogP contribution in [0.15, 0.2) is 66.9 Å². The number of anilines is 2. The Bertz CT molecular complexity index is 1250. The number of tetrazole rings is 1. The topological polar surface area (TPSA) is 77.8 Å². The minimum absolute atomic E-state index is 0.464. The van der Waals surface area contributed by atoms with Crippen molar-refractivity contribution in [3.05, 3.63) is 78.1 Å². The molecule has 35 heavy (non-hydrogen) atoms. The molecule has 0 aliphatic heterocycles. The summed E-state index contributed by atoms with van der Waals surface area (Å²) in [5.74, 6) is 2.93. The Labute approximate surface area is 206 Å². The van der Waals surface area contributed by atoms with Crippen LogP contribution >= 0.6 is 0 Å². The molecule has 1 fully saturated rings. The van der Waals surface area contributed by atoms with Gasteiger partial charge in [-0.15, -0.1) is 5.10 Å². The summed E-state index contributed by atoms with van der Waals surface area (Å²) in [7, 11) is 0. The maximum Gasteiger partial charge on any atom is 0.182 e. The molecule has 0 amide bonds. The molecule has 2 aromatic heterocycles. The van der Waals surface area contributed by atoms with Gasteiger partial charge in [0.2, 0.25) is 0 Å². The number of aryl methyl sites for hydroxylation is 1. The highest BCUT2D eigenvalue weighted by Gasteiger charge is 2.27. The molecule has 4 aromatic rings. The fraction of sp³-hybridized carbons (Fsp3) is 0.357. The number of pyridine rings is 1. The summed E-state index contributed by atoms with van der Waals surface area (Å²) < 4.78 is 7.94. The third-order valence-electron chi connectivity index (χ3n) is 6.24. The highest BCUT2D eigenvalue weighted by atomic mass is 16.5. The molecule has 180 valence electrons. The van der Waals surface area contributed by atoms with Gasteiger partial charge < -0.3 is 10.1 Å². The molecule has 0 spiro atoms. The minimum Gasteiger partial charge on any atom is -0.487 e. The molecular weight excluding hydrogens is 436 g/mol. The van der Waals surface area contributed by atoms with Gasteiger partial charge in [-0.25, -0.2) is 4.68 Å². The smallest absolute Gasteiger partial charge is 0.182 e. The zero-order valence-corrected chi connectivity index (χ0v) is 20.4. The first-order valence-electron chi connectivity index (χ1n) is 12.5. The summed E-state index contributed by atoms with van der Waals surface area (Å²) in [5.41, 5.74) is 5.36. The lowest BCUT2D eigenvalue weighted by Gasteiger charge is -2.15. The van der Waals surface area contributed by atoms with Crippen LogP contribution in [0.25, 0.3) is 11.4 Å². The second-order valence-corrected chi connectivity index (χ2v) is 9.60. The highest BCUT2D eigenvalue weighted by molar-refractivity contribution is 5.70. The van der Waals surface area contributed by atoms with Crippen LogP contribution in [0, 0.1) is 5.92 Å². The minimum atomic E-state index is 0.464. The first-order chi connectivity index (χ1) is 17.2. The zero-order valence-electron chi connectivity index (χ0n) is 20.4. The van der Waals surface area contributed by atoms with Crippen LogP contribution in [0.1, 0.15) is 56.7 Å². The molecular formula is C28H32N6O. The number of aromatic nitrogens is 5. The normalized spacial score (nSPS) is 13.2. The summed E-state index contributed by atoms with van der Waals surface area (Å²) in [6, 6.07) is 20.5. The molecule has 1 saturated carbocycles. The van der Waals surface area contributed by atoms with Gasteiger partial charge in [0.05, 0.1) is 5.69 Å². The van der Waals surface area contributed by atoms with Crippen molar-refractivity contribution >= 4 is 11.4 Å². The Kier molecular flexibility index (Phi) is 7.02. The van der Waals surface area contributed by atoms with Gasteiger partial charge in [0.15, 0.2) is 5.82 Å². The van der Waals surface area contributed by atoms with Crippen LogP contribution in [0.4, 0.5) is 11.4 Å². The molecule has 1 aliphatic carbocycles. The third-order valence-corrected chi connectivity index (χ3v) is 6.24. The first-order valence-corrected chi connectivity index (χ1v) is 12.5. The quantitative estimate of drug-likeness (QED) is 0.275. The Hall–Kier alpha value is -3.74. The first kappa shape index (κ1) is 23.0. The van der Waals surface area contributed by atoms with Crippen molar-refractivity contribution in [1.29, 1.82) is 0 Å². The lowest BCUT2D eigenvalue weighted by Crippen LogP contribution is -2.04. The van der Waals surface area contributed by atoms with Crippen molar-refractivity contribution in [3.8, 4) is 17.1 Å². The van der Waals surface area contributed by atoms with E-state index in [4.69, 9.17) is 4.74 Å². The number of benzene rings is 2. The molecule has 7 nitrogen and oxygen atoms in total. The second-order valence-electron chi connectivity index (χ2n) is 9.60. The highest BCUT2D eigenvalue weighted by Crippen LogP contribution is 2.45. The molecule has 5 rings (SSSR count). The molecule has 1 N–H and O–H groups in total.